The Labute approximate surface area is 128 Å². The normalized spacial score (nSPS) is 11.3. The first-order valence-corrected chi connectivity index (χ1v) is 7.73. The number of aryl methyl sites for hydroxylation is 1. The summed E-state index contributed by atoms with van der Waals surface area (Å²) in [5.41, 5.74) is 1.41. The molecule has 0 aliphatic carbocycles. The van der Waals surface area contributed by atoms with Gasteiger partial charge in [-0.1, -0.05) is 49.6 Å². The van der Waals surface area contributed by atoms with Gasteiger partial charge in [0.25, 0.3) is 0 Å². The van der Waals surface area contributed by atoms with E-state index in [0.29, 0.717) is 11.0 Å². The zero-order valence-corrected chi connectivity index (χ0v) is 12.7. The maximum atomic E-state index is 12.0. The van der Waals surface area contributed by atoms with Gasteiger partial charge in [0.2, 0.25) is 0 Å². The summed E-state index contributed by atoms with van der Waals surface area (Å²) in [6, 6.07) is 11.2. The third kappa shape index (κ3) is 2.56. The van der Waals surface area contributed by atoms with E-state index in [-0.39, 0.29) is 5.63 Å². The number of hydrogen-bond acceptors (Lipinski definition) is 2. The summed E-state index contributed by atoms with van der Waals surface area (Å²) in [4.78, 5) is 12.0. The van der Waals surface area contributed by atoms with Crippen LogP contribution in [-0.4, -0.2) is 0 Å². The van der Waals surface area contributed by atoms with Gasteiger partial charge in [-0.2, -0.15) is 0 Å². The molecule has 0 atom stereocenters. The zero-order chi connectivity index (χ0) is 14.8. The summed E-state index contributed by atoms with van der Waals surface area (Å²) in [6.45, 7) is 2.18. The Balaban J connectivity index is 2.32. The fraction of sp³-hybridized carbons (Fsp3) is 0.278. The first-order valence-electron chi connectivity index (χ1n) is 7.35. The van der Waals surface area contributed by atoms with Crippen LogP contribution in [0.5, 0.6) is 0 Å². The van der Waals surface area contributed by atoms with Crippen molar-refractivity contribution in [1.82, 2.24) is 0 Å². The molecule has 0 bridgehead atoms. The minimum atomic E-state index is -0.292. The van der Waals surface area contributed by atoms with Crippen LogP contribution in [-0.2, 0) is 6.42 Å². The van der Waals surface area contributed by atoms with E-state index in [9.17, 15) is 4.79 Å². The lowest BCUT2D eigenvalue weighted by molar-refractivity contribution is 0.569. The minimum absolute atomic E-state index is 0.292. The van der Waals surface area contributed by atoms with E-state index in [4.69, 9.17) is 16.0 Å². The molecule has 21 heavy (non-hydrogen) atoms. The van der Waals surface area contributed by atoms with E-state index in [1.54, 1.807) is 12.1 Å². The molecule has 3 heteroatoms. The van der Waals surface area contributed by atoms with E-state index in [1.165, 1.54) is 6.42 Å². The van der Waals surface area contributed by atoms with Crippen molar-refractivity contribution in [2.45, 2.75) is 32.6 Å². The summed E-state index contributed by atoms with van der Waals surface area (Å²) in [5.74, 6) is 0. The van der Waals surface area contributed by atoms with Gasteiger partial charge in [-0.3, -0.25) is 0 Å². The summed E-state index contributed by atoms with van der Waals surface area (Å²) >= 11 is 6.40. The van der Waals surface area contributed by atoms with E-state index in [2.05, 4.69) is 6.92 Å². The molecule has 3 rings (SSSR count). The molecule has 0 unspecified atom stereocenters. The van der Waals surface area contributed by atoms with Gasteiger partial charge in [0.1, 0.15) is 5.58 Å². The van der Waals surface area contributed by atoms with Crippen LogP contribution < -0.4 is 5.63 Å². The predicted octanol–water partition coefficient (Wildman–Crippen LogP) is 5.33. The van der Waals surface area contributed by atoms with E-state index >= 15 is 0 Å². The van der Waals surface area contributed by atoms with Crippen LogP contribution in [0.4, 0.5) is 0 Å². The summed E-state index contributed by atoms with van der Waals surface area (Å²) in [6.07, 6.45) is 4.32. The SMILES string of the molecule is CCCCCc1c(Cl)ccc2oc(=O)c3ccccc3c12. The number of benzene rings is 2. The summed E-state index contributed by atoms with van der Waals surface area (Å²) < 4.78 is 5.46. The van der Waals surface area contributed by atoms with E-state index in [0.717, 1.165) is 40.6 Å². The average Bonchev–Trinajstić information content (AvgIpc) is 2.50. The number of halogens is 1. The average molecular weight is 301 g/mol. The lowest BCUT2D eigenvalue weighted by Gasteiger charge is -2.10. The fourth-order valence-corrected chi connectivity index (χ4v) is 3.06. The van der Waals surface area contributed by atoms with Crippen molar-refractivity contribution in [1.29, 1.82) is 0 Å². The molecule has 0 aliphatic rings. The van der Waals surface area contributed by atoms with Crippen LogP contribution in [0.1, 0.15) is 31.7 Å². The number of rotatable bonds is 4. The van der Waals surface area contributed by atoms with Gasteiger partial charge >= 0.3 is 5.63 Å². The third-order valence-corrected chi connectivity index (χ3v) is 4.22. The fourth-order valence-electron chi connectivity index (χ4n) is 2.81. The van der Waals surface area contributed by atoms with Crippen LogP contribution in [0.15, 0.2) is 45.6 Å². The van der Waals surface area contributed by atoms with Gasteiger partial charge in [-0.05, 0) is 36.6 Å². The third-order valence-electron chi connectivity index (χ3n) is 3.87. The van der Waals surface area contributed by atoms with Crippen molar-refractivity contribution in [2.24, 2.45) is 0 Å². The second-order valence-corrected chi connectivity index (χ2v) is 5.70. The Morgan fingerprint density at radius 3 is 2.57 bits per heavy atom. The maximum absolute atomic E-state index is 12.0. The molecule has 0 saturated heterocycles. The highest BCUT2D eigenvalue weighted by Crippen LogP contribution is 2.32. The van der Waals surface area contributed by atoms with Crippen LogP contribution >= 0.6 is 11.6 Å². The number of unbranched alkanes of at least 4 members (excludes halogenated alkanes) is 2. The zero-order valence-electron chi connectivity index (χ0n) is 12.0. The van der Waals surface area contributed by atoms with Crippen LogP contribution in [0.25, 0.3) is 21.7 Å². The van der Waals surface area contributed by atoms with Crippen LogP contribution in [0.3, 0.4) is 0 Å². The van der Waals surface area contributed by atoms with Crippen molar-refractivity contribution in [2.75, 3.05) is 0 Å². The number of fused-ring (bicyclic) bond motifs is 3. The quantitative estimate of drug-likeness (QED) is 0.370. The molecule has 0 aliphatic heterocycles. The molecule has 3 aromatic rings. The monoisotopic (exact) mass is 300 g/mol. The molecular formula is C18H17ClO2. The second kappa shape index (κ2) is 5.90. The van der Waals surface area contributed by atoms with E-state index in [1.807, 2.05) is 24.3 Å². The molecule has 2 aromatic carbocycles. The minimum Gasteiger partial charge on any atom is -0.422 e. The molecule has 0 amide bonds. The molecule has 1 aromatic heterocycles. The Morgan fingerprint density at radius 1 is 1.05 bits per heavy atom. The molecule has 1 heterocycles. The first-order chi connectivity index (χ1) is 10.2. The van der Waals surface area contributed by atoms with Gasteiger partial charge < -0.3 is 4.42 Å². The molecular weight excluding hydrogens is 284 g/mol. The Hall–Kier alpha value is -1.80. The summed E-state index contributed by atoms with van der Waals surface area (Å²) in [5, 5.41) is 3.27. The van der Waals surface area contributed by atoms with Gasteiger partial charge in [0, 0.05) is 15.8 Å². The molecule has 108 valence electrons. The van der Waals surface area contributed by atoms with Gasteiger partial charge in [-0.15, -0.1) is 0 Å². The topological polar surface area (TPSA) is 30.2 Å². The molecule has 2 nitrogen and oxygen atoms in total. The lowest BCUT2D eigenvalue weighted by Crippen LogP contribution is -2.01. The standard InChI is InChI=1S/C18H17ClO2/c1-2-3-4-9-14-15(19)10-11-16-17(14)12-7-5-6-8-13(12)18(20)21-16/h5-8,10-11H,2-4,9H2,1H3. The highest BCUT2D eigenvalue weighted by molar-refractivity contribution is 6.32. The van der Waals surface area contributed by atoms with Crippen LogP contribution in [0.2, 0.25) is 5.02 Å². The lowest BCUT2D eigenvalue weighted by atomic mass is 9.98. The number of hydrogen-bond donors (Lipinski definition) is 0. The Morgan fingerprint density at radius 2 is 1.81 bits per heavy atom. The first kappa shape index (κ1) is 14.2. The predicted molar refractivity (Wildman–Crippen MR) is 88.2 cm³/mol. The molecule has 0 saturated carbocycles. The second-order valence-electron chi connectivity index (χ2n) is 5.29. The summed E-state index contributed by atoms with van der Waals surface area (Å²) in [7, 11) is 0. The van der Waals surface area contributed by atoms with E-state index < -0.39 is 0 Å². The highest BCUT2D eigenvalue weighted by Gasteiger charge is 2.13. The molecule has 0 N–H and O–H groups in total. The molecule has 0 spiro atoms. The maximum Gasteiger partial charge on any atom is 0.344 e. The van der Waals surface area contributed by atoms with Crippen molar-refractivity contribution >= 4 is 33.3 Å². The largest absolute Gasteiger partial charge is 0.422 e. The van der Waals surface area contributed by atoms with Crippen molar-refractivity contribution < 1.29 is 4.42 Å². The Kier molecular flexibility index (Phi) is 3.98. The Bertz CT molecular complexity index is 849. The molecule has 0 radical (unpaired) electrons. The smallest absolute Gasteiger partial charge is 0.344 e. The van der Waals surface area contributed by atoms with Gasteiger partial charge in [0.05, 0.1) is 5.39 Å². The van der Waals surface area contributed by atoms with Crippen molar-refractivity contribution in [3.8, 4) is 0 Å². The van der Waals surface area contributed by atoms with Gasteiger partial charge in [-0.25, -0.2) is 4.79 Å². The molecule has 0 fully saturated rings. The van der Waals surface area contributed by atoms with Crippen molar-refractivity contribution in [3.63, 3.8) is 0 Å². The van der Waals surface area contributed by atoms with Gasteiger partial charge in [0.15, 0.2) is 0 Å². The highest BCUT2D eigenvalue weighted by atomic mass is 35.5. The van der Waals surface area contributed by atoms with Crippen molar-refractivity contribution in [3.05, 3.63) is 57.4 Å². The van der Waals surface area contributed by atoms with Crippen LogP contribution in [0, 0.1) is 0 Å².